The van der Waals surface area contributed by atoms with E-state index in [4.69, 9.17) is 4.74 Å². The van der Waals surface area contributed by atoms with E-state index in [0.29, 0.717) is 19.7 Å². The number of carbonyl (C=O) groups is 1. The van der Waals surface area contributed by atoms with Gasteiger partial charge in [0.05, 0.1) is 0 Å². The highest BCUT2D eigenvalue weighted by molar-refractivity contribution is 5.67. The summed E-state index contributed by atoms with van der Waals surface area (Å²) in [5, 5.41) is 9.46. The van der Waals surface area contributed by atoms with Crippen LogP contribution in [-0.2, 0) is 11.3 Å². The molecule has 4 nitrogen and oxygen atoms in total. The Hall–Kier alpha value is -1.55. The van der Waals surface area contributed by atoms with E-state index in [0.717, 1.165) is 12.0 Å². The zero-order valence-corrected chi connectivity index (χ0v) is 12.2. The van der Waals surface area contributed by atoms with Crippen LogP contribution in [0.5, 0.6) is 0 Å². The second-order valence-electron chi connectivity index (χ2n) is 6.10. The number of carbonyl (C=O) groups excluding carboxylic acids is 1. The van der Waals surface area contributed by atoms with Gasteiger partial charge < -0.3 is 14.7 Å². The molecule has 0 spiro atoms. The number of aliphatic hydroxyl groups excluding tert-OH is 1. The van der Waals surface area contributed by atoms with Crippen molar-refractivity contribution in [2.45, 2.75) is 26.9 Å². The van der Waals surface area contributed by atoms with Crippen LogP contribution in [0.4, 0.5) is 4.79 Å². The minimum atomic E-state index is -0.289. The Morgan fingerprint density at radius 3 is 2.75 bits per heavy atom. The Balaban J connectivity index is 1.87. The first-order valence-corrected chi connectivity index (χ1v) is 7.09. The molecule has 1 heterocycles. The van der Waals surface area contributed by atoms with Crippen LogP contribution in [-0.4, -0.2) is 35.8 Å². The van der Waals surface area contributed by atoms with Crippen LogP contribution in [0.25, 0.3) is 0 Å². The van der Waals surface area contributed by atoms with Gasteiger partial charge in [0, 0.05) is 25.6 Å². The highest BCUT2D eigenvalue weighted by atomic mass is 16.6. The van der Waals surface area contributed by atoms with Crippen LogP contribution in [0.1, 0.15) is 25.8 Å². The number of amides is 1. The molecule has 0 radical (unpaired) electrons. The van der Waals surface area contributed by atoms with Gasteiger partial charge in [-0.15, -0.1) is 0 Å². The van der Waals surface area contributed by atoms with Gasteiger partial charge in [-0.1, -0.05) is 44.2 Å². The zero-order valence-electron chi connectivity index (χ0n) is 12.2. The number of hydrogen-bond acceptors (Lipinski definition) is 3. The third kappa shape index (κ3) is 3.51. The van der Waals surface area contributed by atoms with Crippen molar-refractivity contribution in [2.24, 2.45) is 11.3 Å². The molecule has 0 aliphatic carbocycles. The summed E-state index contributed by atoms with van der Waals surface area (Å²) in [6, 6.07) is 9.65. The first kappa shape index (κ1) is 14.9. The van der Waals surface area contributed by atoms with Gasteiger partial charge >= 0.3 is 6.09 Å². The lowest BCUT2D eigenvalue weighted by Gasteiger charge is -2.42. The first-order chi connectivity index (χ1) is 9.53. The van der Waals surface area contributed by atoms with E-state index in [1.165, 1.54) is 0 Å². The minimum Gasteiger partial charge on any atom is -0.445 e. The maximum atomic E-state index is 12.1. The molecule has 1 atom stereocenters. The Bertz CT molecular complexity index is 444. The molecule has 1 aliphatic heterocycles. The van der Waals surface area contributed by atoms with E-state index in [2.05, 4.69) is 13.8 Å². The van der Waals surface area contributed by atoms with Gasteiger partial charge in [0.2, 0.25) is 0 Å². The van der Waals surface area contributed by atoms with Gasteiger partial charge in [0.15, 0.2) is 0 Å². The quantitative estimate of drug-likeness (QED) is 0.924. The Morgan fingerprint density at radius 2 is 2.10 bits per heavy atom. The molecule has 1 N–H and O–H groups in total. The molecule has 1 aromatic rings. The third-order valence-corrected chi connectivity index (χ3v) is 4.26. The number of likely N-dealkylation sites (tertiary alicyclic amines) is 1. The van der Waals surface area contributed by atoms with E-state index in [1.807, 2.05) is 30.3 Å². The molecule has 1 aliphatic rings. The fraction of sp³-hybridized carbons (Fsp3) is 0.562. The minimum absolute atomic E-state index is 0.0744. The van der Waals surface area contributed by atoms with Gasteiger partial charge in [-0.3, -0.25) is 0 Å². The topological polar surface area (TPSA) is 49.8 Å². The summed E-state index contributed by atoms with van der Waals surface area (Å²) < 4.78 is 5.33. The Labute approximate surface area is 120 Å². The molecular weight excluding hydrogens is 254 g/mol. The monoisotopic (exact) mass is 277 g/mol. The predicted octanol–water partition coefficient (Wildman–Crippen LogP) is 2.66. The molecule has 0 aromatic heterocycles. The molecule has 1 amide bonds. The van der Waals surface area contributed by atoms with E-state index in [9.17, 15) is 9.90 Å². The Kier molecular flexibility index (Phi) is 4.65. The largest absolute Gasteiger partial charge is 0.445 e. The fourth-order valence-corrected chi connectivity index (χ4v) is 2.51. The van der Waals surface area contributed by atoms with Crippen molar-refractivity contribution >= 4 is 6.09 Å². The van der Waals surface area contributed by atoms with E-state index in [-0.39, 0.29) is 24.0 Å². The molecule has 110 valence electrons. The molecule has 20 heavy (non-hydrogen) atoms. The van der Waals surface area contributed by atoms with Crippen LogP contribution in [0.2, 0.25) is 0 Å². The molecule has 1 saturated heterocycles. The standard InChI is InChI=1S/C16H23NO3/c1-16(2)8-9-17(10-14(16)11-18)15(19)20-12-13-6-4-3-5-7-13/h3-7,14,18H,8-12H2,1-2H3. The number of ether oxygens (including phenoxy) is 1. The van der Waals surface area contributed by atoms with Gasteiger partial charge in [0.1, 0.15) is 6.61 Å². The van der Waals surface area contributed by atoms with Crippen LogP contribution in [0.15, 0.2) is 30.3 Å². The van der Waals surface area contributed by atoms with Crippen molar-refractivity contribution < 1.29 is 14.6 Å². The van der Waals surface area contributed by atoms with E-state index >= 15 is 0 Å². The zero-order chi connectivity index (χ0) is 14.6. The molecule has 1 fully saturated rings. The van der Waals surface area contributed by atoms with Gasteiger partial charge in [-0.2, -0.15) is 0 Å². The summed E-state index contributed by atoms with van der Waals surface area (Å²) in [5.41, 5.74) is 1.06. The number of aliphatic hydroxyl groups is 1. The van der Waals surface area contributed by atoms with Gasteiger partial charge in [-0.05, 0) is 17.4 Å². The molecule has 4 heteroatoms. The van der Waals surface area contributed by atoms with Crippen molar-refractivity contribution in [3.05, 3.63) is 35.9 Å². The number of benzene rings is 1. The van der Waals surface area contributed by atoms with E-state index < -0.39 is 0 Å². The lowest BCUT2D eigenvalue weighted by atomic mass is 9.74. The number of hydrogen-bond donors (Lipinski definition) is 1. The maximum Gasteiger partial charge on any atom is 0.410 e. The highest BCUT2D eigenvalue weighted by Gasteiger charge is 2.37. The molecule has 1 unspecified atom stereocenters. The number of rotatable bonds is 3. The maximum absolute atomic E-state index is 12.1. The van der Waals surface area contributed by atoms with Crippen LogP contribution in [0.3, 0.4) is 0 Å². The van der Waals surface area contributed by atoms with E-state index in [1.54, 1.807) is 4.90 Å². The second-order valence-corrected chi connectivity index (χ2v) is 6.10. The van der Waals surface area contributed by atoms with Crippen molar-refractivity contribution in [1.29, 1.82) is 0 Å². The molecule has 2 rings (SSSR count). The summed E-state index contributed by atoms with van der Waals surface area (Å²) in [6.07, 6.45) is 0.598. The summed E-state index contributed by atoms with van der Waals surface area (Å²) in [7, 11) is 0. The molecule has 0 saturated carbocycles. The van der Waals surface area contributed by atoms with Crippen molar-refractivity contribution in [1.82, 2.24) is 4.90 Å². The summed E-state index contributed by atoms with van der Waals surface area (Å²) in [6.45, 7) is 5.94. The molecule has 0 bridgehead atoms. The molecule has 1 aromatic carbocycles. The van der Waals surface area contributed by atoms with Gasteiger partial charge in [0.25, 0.3) is 0 Å². The summed E-state index contributed by atoms with van der Waals surface area (Å²) in [5.74, 6) is 0.112. The predicted molar refractivity (Wildman–Crippen MR) is 77.2 cm³/mol. The summed E-state index contributed by atoms with van der Waals surface area (Å²) >= 11 is 0. The molecular formula is C16H23NO3. The third-order valence-electron chi connectivity index (χ3n) is 4.26. The van der Waals surface area contributed by atoms with Crippen molar-refractivity contribution in [3.63, 3.8) is 0 Å². The highest BCUT2D eigenvalue weighted by Crippen LogP contribution is 2.35. The average molecular weight is 277 g/mol. The first-order valence-electron chi connectivity index (χ1n) is 7.09. The smallest absolute Gasteiger partial charge is 0.410 e. The lowest BCUT2D eigenvalue weighted by Crippen LogP contribution is -2.48. The lowest BCUT2D eigenvalue weighted by molar-refractivity contribution is 0.0148. The number of nitrogens with zero attached hydrogens (tertiary/aromatic N) is 1. The van der Waals surface area contributed by atoms with Crippen molar-refractivity contribution in [3.8, 4) is 0 Å². The van der Waals surface area contributed by atoms with Crippen LogP contribution >= 0.6 is 0 Å². The fourth-order valence-electron chi connectivity index (χ4n) is 2.51. The van der Waals surface area contributed by atoms with Gasteiger partial charge in [-0.25, -0.2) is 4.79 Å². The summed E-state index contributed by atoms with van der Waals surface area (Å²) in [4.78, 5) is 13.8. The van der Waals surface area contributed by atoms with Crippen LogP contribution in [0, 0.1) is 11.3 Å². The second kappa shape index (κ2) is 6.27. The average Bonchev–Trinajstić information content (AvgIpc) is 2.45. The normalized spacial score (nSPS) is 21.6. The van der Waals surface area contributed by atoms with Crippen molar-refractivity contribution in [2.75, 3.05) is 19.7 Å². The Morgan fingerprint density at radius 1 is 1.40 bits per heavy atom. The van der Waals surface area contributed by atoms with Crippen LogP contribution < -0.4 is 0 Å². The SMILES string of the molecule is CC1(C)CCN(C(=O)OCc2ccccc2)CC1CO. The number of piperidine rings is 1.